The molecule has 0 aliphatic carbocycles. The van der Waals surface area contributed by atoms with Gasteiger partial charge in [-0.15, -0.1) is 0 Å². The molecule has 2 amide bonds. The monoisotopic (exact) mass is 478 g/mol. The molecule has 0 radical (unpaired) electrons. The molecule has 1 N–H and O–H groups in total. The van der Waals surface area contributed by atoms with Crippen LogP contribution in [0.25, 0.3) is 0 Å². The minimum atomic E-state index is -0.622. The molecule has 2 rings (SSSR count). The number of likely N-dealkylation sites (N-methyl/N-ethyl adjacent to an activating group) is 1. The summed E-state index contributed by atoms with van der Waals surface area (Å²) in [7, 11) is 0. The van der Waals surface area contributed by atoms with Crippen LogP contribution in [0.2, 0.25) is 10.0 Å². The smallest absolute Gasteiger partial charge is 0.261 e. The summed E-state index contributed by atoms with van der Waals surface area (Å²) in [5.74, 6) is 0.124. The zero-order valence-electron chi connectivity index (χ0n) is 19.4. The Morgan fingerprint density at radius 1 is 1.03 bits per heavy atom. The van der Waals surface area contributed by atoms with E-state index in [0.717, 1.165) is 5.56 Å². The van der Waals surface area contributed by atoms with Gasteiger partial charge in [0.1, 0.15) is 11.8 Å². The lowest BCUT2D eigenvalue weighted by molar-refractivity contribution is -0.142. The second kappa shape index (κ2) is 11.6. The maximum atomic E-state index is 13.2. The van der Waals surface area contributed by atoms with Gasteiger partial charge in [0, 0.05) is 13.1 Å². The Balaban J connectivity index is 2.20. The third-order valence-electron chi connectivity index (χ3n) is 5.16. The number of rotatable bonds is 9. The highest BCUT2D eigenvalue weighted by atomic mass is 35.5. The summed E-state index contributed by atoms with van der Waals surface area (Å²) in [6.07, 6.45) is 0.471. The van der Waals surface area contributed by atoms with Gasteiger partial charge in [0.05, 0.1) is 10.0 Å². The average molecular weight is 479 g/mol. The van der Waals surface area contributed by atoms with Crippen molar-refractivity contribution < 1.29 is 14.3 Å². The van der Waals surface area contributed by atoms with Gasteiger partial charge in [0.15, 0.2) is 6.61 Å². The standard InChI is InChI=1S/C25H32Cl2N2O3/c1-6-22(24(31)28-7-2)29(15-17-8-13-20(26)21(27)14-17)23(30)16-32-19-11-9-18(10-12-19)25(3,4)5/h8-14,22H,6-7,15-16H2,1-5H3,(H,28,31)/t22-/m0/s1. The zero-order valence-corrected chi connectivity index (χ0v) is 20.9. The molecule has 0 unspecified atom stereocenters. The Hall–Kier alpha value is -2.24. The largest absolute Gasteiger partial charge is 0.484 e. The van der Waals surface area contributed by atoms with Gasteiger partial charge >= 0.3 is 0 Å². The normalized spacial score (nSPS) is 12.2. The zero-order chi connectivity index (χ0) is 23.9. The van der Waals surface area contributed by atoms with Crippen molar-refractivity contribution in [3.63, 3.8) is 0 Å². The van der Waals surface area contributed by atoms with Crippen LogP contribution in [-0.4, -0.2) is 35.9 Å². The number of ether oxygens (including phenoxy) is 1. The van der Waals surface area contributed by atoms with Crippen LogP contribution in [0.5, 0.6) is 5.75 Å². The van der Waals surface area contributed by atoms with Crippen LogP contribution in [0, 0.1) is 0 Å². The molecule has 5 nitrogen and oxygen atoms in total. The number of carbonyl (C=O) groups excluding carboxylic acids is 2. The van der Waals surface area contributed by atoms with Gasteiger partial charge in [-0.3, -0.25) is 9.59 Å². The van der Waals surface area contributed by atoms with Crippen molar-refractivity contribution >= 4 is 35.0 Å². The molecule has 2 aromatic carbocycles. The van der Waals surface area contributed by atoms with E-state index in [-0.39, 0.29) is 30.4 Å². The van der Waals surface area contributed by atoms with Crippen molar-refractivity contribution in [1.82, 2.24) is 10.2 Å². The molecule has 0 spiro atoms. The third-order valence-corrected chi connectivity index (χ3v) is 5.90. The first-order valence-corrected chi connectivity index (χ1v) is 11.6. The Kier molecular flexibility index (Phi) is 9.41. The van der Waals surface area contributed by atoms with E-state index in [1.807, 2.05) is 38.1 Å². The van der Waals surface area contributed by atoms with Gasteiger partial charge < -0.3 is 15.0 Å². The van der Waals surface area contributed by atoms with Crippen molar-refractivity contribution in [3.05, 3.63) is 63.6 Å². The molecule has 0 saturated carbocycles. The fourth-order valence-corrected chi connectivity index (χ4v) is 3.65. The molecular formula is C25H32Cl2N2O3. The Morgan fingerprint density at radius 3 is 2.22 bits per heavy atom. The van der Waals surface area contributed by atoms with E-state index < -0.39 is 6.04 Å². The number of hydrogen-bond donors (Lipinski definition) is 1. The highest BCUT2D eigenvalue weighted by Gasteiger charge is 2.28. The SMILES string of the molecule is CCNC(=O)[C@H](CC)N(Cc1ccc(Cl)c(Cl)c1)C(=O)COc1ccc(C(C)(C)C)cc1. The van der Waals surface area contributed by atoms with Crippen molar-refractivity contribution in [2.24, 2.45) is 0 Å². The van der Waals surface area contributed by atoms with Crippen molar-refractivity contribution in [2.45, 2.75) is 59.0 Å². The van der Waals surface area contributed by atoms with Gasteiger partial charge in [-0.1, -0.05) is 69.1 Å². The van der Waals surface area contributed by atoms with E-state index in [4.69, 9.17) is 27.9 Å². The summed E-state index contributed by atoms with van der Waals surface area (Å²) >= 11 is 12.2. The number of amides is 2. The summed E-state index contributed by atoms with van der Waals surface area (Å²) in [4.78, 5) is 27.3. The molecule has 174 valence electrons. The van der Waals surface area contributed by atoms with E-state index in [0.29, 0.717) is 28.8 Å². The second-order valence-corrected chi connectivity index (χ2v) is 9.47. The van der Waals surface area contributed by atoms with Gasteiger partial charge in [-0.05, 0) is 54.2 Å². The molecule has 1 atom stereocenters. The van der Waals surface area contributed by atoms with Gasteiger partial charge in [0.2, 0.25) is 5.91 Å². The van der Waals surface area contributed by atoms with Crippen molar-refractivity contribution in [1.29, 1.82) is 0 Å². The van der Waals surface area contributed by atoms with E-state index in [2.05, 4.69) is 26.1 Å². The van der Waals surface area contributed by atoms with Crippen LogP contribution in [0.3, 0.4) is 0 Å². The predicted octanol–water partition coefficient (Wildman–Crippen LogP) is 5.61. The second-order valence-electron chi connectivity index (χ2n) is 8.65. The van der Waals surface area contributed by atoms with Gasteiger partial charge in [-0.25, -0.2) is 0 Å². The molecule has 0 fully saturated rings. The number of benzene rings is 2. The third kappa shape index (κ3) is 7.14. The van der Waals surface area contributed by atoms with Crippen LogP contribution in [-0.2, 0) is 21.5 Å². The molecule has 0 bridgehead atoms. The highest BCUT2D eigenvalue weighted by Crippen LogP contribution is 2.25. The minimum Gasteiger partial charge on any atom is -0.484 e. The Bertz CT molecular complexity index is 924. The first kappa shape index (κ1) is 26.0. The first-order chi connectivity index (χ1) is 15.1. The molecule has 0 aliphatic heterocycles. The molecule has 0 heterocycles. The van der Waals surface area contributed by atoms with E-state index in [9.17, 15) is 9.59 Å². The maximum Gasteiger partial charge on any atom is 0.261 e. The molecular weight excluding hydrogens is 447 g/mol. The van der Waals surface area contributed by atoms with Crippen molar-refractivity contribution in [3.8, 4) is 5.75 Å². The number of hydrogen-bond acceptors (Lipinski definition) is 3. The number of carbonyl (C=O) groups is 2. The van der Waals surface area contributed by atoms with Gasteiger partial charge in [-0.2, -0.15) is 0 Å². The number of nitrogens with one attached hydrogen (secondary N) is 1. The van der Waals surface area contributed by atoms with Crippen LogP contribution in [0.4, 0.5) is 0 Å². The van der Waals surface area contributed by atoms with Crippen LogP contribution >= 0.6 is 23.2 Å². The number of nitrogens with zero attached hydrogens (tertiary/aromatic N) is 1. The van der Waals surface area contributed by atoms with Crippen LogP contribution < -0.4 is 10.1 Å². The van der Waals surface area contributed by atoms with E-state index in [1.54, 1.807) is 18.2 Å². The molecule has 0 aromatic heterocycles. The van der Waals surface area contributed by atoms with E-state index >= 15 is 0 Å². The maximum absolute atomic E-state index is 13.2. The molecule has 2 aromatic rings. The topological polar surface area (TPSA) is 58.6 Å². The molecule has 0 aliphatic rings. The quantitative estimate of drug-likeness (QED) is 0.509. The fourth-order valence-electron chi connectivity index (χ4n) is 3.33. The van der Waals surface area contributed by atoms with Gasteiger partial charge in [0.25, 0.3) is 5.91 Å². The number of halogens is 2. The average Bonchev–Trinajstić information content (AvgIpc) is 2.74. The first-order valence-electron chi connectivity index (χ1n) is 10.8. The van der Waals surface area contributed by atoms with E-state index in [1.165, 1.54) is 10.5 Å². The van der Waals surface area contributed by atoms with Crippen LogP contribution in [0.1, 0.15) is 52.2 Å². The lowest BCUT2D eigenvalue weighted by Gasteiger charge is -2.30. The lowest BCUT2D eigenvalue weighted by Crippen LogP contribution is -2.50. The van der Waals surface area contributed by atoms with Crippen LogP contribution in [0.15, 0.2) is 42.5 Å². The summed E-state index contributed by atoms with van der Waals surface area (Å²) in [6, 6.07) is 12.3. The molecule has 0 saturated heterocycles. The Labute approximate surface area is 201 Å². The van der Waals surface area contributed by atoms with Crippen molar-refractivity contribution in [2.75, 3.05) is 13.2 Å². The molecule has 32 heavy (non-hydrogen) atoms. The Morgan fingerprint density at radius 2 is 1.69 bits per heavy atom. The predicted molar refractivity (Wildman–Crippen MR) is 130 cm³/mol. The summed E-state index contributed by atoms with van der Waals surface area (Å²) < 4.78 is 5.76. The minimum absolute atomic E-state index is 0.0337. The fraction of sp³-hybridized carbons (Fsp3) is 0.440. The summed E-state index contributed by atoms with van der Waals surface area (Å²) in [5, 5.41) is 3.65. The highest BCUT2D eigenvalue weighted by molar-refractivity contribution is 6.42. The summed E-state index contributed by atoms with van der Waals surface area (Å²) in [5.41, 5.74) is 2.00. The molecule has 7 heteroatoms. The summed E-state index contributed by atoms with van der Waals surface area (Å²) in [6.45, 7) is 10.7. The lowest BCUT2D eigenvalue weighted by atomic mass is 9.87.